The largest absolute Gasteiger partial charge is 0.478 e. The Morgan fingerprint density at radius 3 is 2.73 bits per heavy atom. The molecule has 0 spiro atoms. The predicted molar refractivity (Wildman–Crippen MR) is 50.3 cm³/mol. The fraction of sp³-hybridized carbons (Fsp3) is 0. The second-order valence-corrected chi connectivity index (χ2v) is 2.58. The molecule has 0 aliphatic rings. The van der Waals surface area contributed by atoms with Crippen molar-refractivity contribution in [1.29, 1.82) is 5.26 Å². The van der Waals surface area contributed by atoms with E-state index < -0.39 is 11.8 Å². The van der Waals surface area contributed by atoms with Crippen molar-refractivity contribution in [3.8, 4) is 17.9 Å². The maximum absolute atomic E-state index is 12.9. The second kappa shape index (κ2) is 4.12. The Hall–Kier alpha value is -2.53. The predicted octanol–water partition coefficient (Wildman–Crippen LogP) is 0.981. The molecule has 0 amide bonds. The average molecular weight is 204 g/mol. The minimum Gasteiger partial charge on any atom is -0.478 e. The van der Waals surface area contributed by atoms with E-state index in [1.807, 2.05) is 5.92 Å². The molecule has 0 radical (unpaired) electrons. The van der Waals surface area contributed by atoms with Gasteiger partial charge in [0.25, 0.3) is 0 Å². The first kappa shape index (κ1) is 10.6. The van der Waals surface area contributed by atoms with Crippen LogP contribution < -0.4 is 5.73 Å². The van der Waals surface area contributed by atoms with E-state index in [-0.39, 0.29) is 16.8 Å². The third-order valence-electron chi connectivity index (χ3n) is 1.63. The summed E-state index contributed by atoms with van der Waals surface area (Å²) in [6, 6.07) is 3.30. The number of halogens is 1. The van der Waals surface area contributed by atoms with Crippen LogP contribution in [0.25, 0.3) is 0 Å². The summed E-state index contributed by atoms with van der Waals surface area (Å²) in [4.78, 5) is 10.6. The van der Waals surface area contributed by atoms with Gasteiger partial charge in [0, 0.05) is 5.92 Å². The summed E-state index contributed by atoms with van der Waals surface area (Å²) in [5.41, 5.74) is 4.92. The Morgan fingerprint density at radius 2 is 2.20 bits per heavy atom. The Bertz CT molecular complexity index is 521. The molecule has 1 rings (SSSR count). The third kappa shape index (κ3) is 2.23. The van der Waals surface area contributed by atoms with E-state index in [1.54, 1.807) is 0 Å². The van der Waals surface area contributed by atoms with Crippen LogP contribution in [-0.4, -0.2) is 11.1 Å². The van der Waals surface area contributed by atoms with Gasteiger partial charge in [0.2, 0.25) is 0 Å². The number of benzene rings is 1. The molecule has 15 heavy (non-hydrogen) atoms. The van der Waals surface area contributed by atoms with Crippen LogP contribution in [0, 0.1) is 29.0 Å². The van der Waals surface area contributed by atoms with Crippen LogP contribution in [0.4, 0.5) is 10.1 Å². The van der Waals surface area contributed by atoms with E-state index in [0.29, 0.717) is 0 Å². The van der Waals surface area contributed by atoms with Gasteiger partial charge < -0.3 is 10.8 Å². The van der Waals surface area contributed by atoms with E-state index in [1.165, 1.54) is 6.07 Å². The van der Waals surface area contributed by atoms with Crippen molar-refractivity contribution in [2.45, 2.75) is 0 Å². The first-order chi connectivity index (χ1) is 7.06. The zero-order chi connectivity index (χ0) is 11.4. The quantitative estimate of drug-likeness (QED) is 0.527. The van der Waals surface area contributed by atoms with Crippen molar-refractivity contribution in [3.05, 3.63) is 29.1 Å². The van der Waals surface area contributed by atoms with E-state index in [9.17, 15) is 9.18 Å². The molecule has 0 aliphatic carbocycles. The van der Waals surface area contributed by atoms with Gasteiger partial charge in [-0.1, -0.05) is 0 Å². The van der Waals surface area contributed by atoms with Crippen molar-refractivity contribution in [1.82, 2.24) is 0 Å². The van der Waals surface area contributed by atoms with E-state index in [2.05, 4.69) is 5.92 Å². The van der Waals surface area contributed by atoms with Crippen LogP contribution in [0.2, 0.25) is 0 Å². The number of nitrogens with zero attached hydrogens (tertiary/aromatic N) is 1. The summed E-state index contributed by atoms with van der Waals surface area (Å²) in [5, 5.41) is 16.9. The number of nitrogen functional groups attached to an aromatic ring is 1. The molecule has 0 atom stereocenters. The number of aromatic carboxylic acids is 1. The molecule has 0 fully saturated rings. The number of carboxylic acids is 1. The van der Waals surface area contributed by atoms with Crippen molar-refractivity contribution in [2.75, 3.05) is 5.73 Å². The van der Waals surface area contributed by atoms with Gasteiger partial charge in [-0.05, 0) is 18.1 Å². The molecule has 3 N–H and O–H groups in total. The van der Waals surface area contributed by atoms with Crippen molar-refractivity contribution in [2.24, 2.45) is 0 Å². The number of nitrogens with two attached hydrogens (primary N) is 1. The monoisotopic (exact) mass is 204 g/mol. The van der Waals surface area contributed by atoms with Gasteiger partial charge in [-0.25, -0.2) is 9.18 Å². The Kier molecular flexibility index (Phi) is 2.90. The lowest BCUT2D eigenvalue weighted by Crippen LogP contribution is -2.05. The van der Waals surface area contributed by atoms with Gasteiger partial charge in [0.15, 0.2) is 6.07 Å². The number of rotatable bonds is 1. The molecule has 74 valence electrons. The third-order valence-corrected chi connectivity index (χ3v) is 1.63. The molecule has 0 saturated heterocycles. The van der Waals surface area contributed by atoms with Crippen LogP contribution in [0.1, 0.15) is 15.9 Å². The van der Waals surface area contributed by atoms with Gasteiger partial charge in [0.1, 0.15) is 5.82 Å². The van der Waals surface area contributed by atoms with Crippen LogP contribution in [0.5, 0.6) is 0 Å². The van der Waals surface area contributed by atoms with Gasteiger partial charge >= 0.3 is 5.97 Å². The summed E-state index contributed by atoms with van der Waals surface area (Å²) >= 11 is 0. The van der Waals surface area contributed by atoms with E-state index in [0.717, 1.165) is 12.1 Å². The lowest BCUT2D eigenvalue weighted by Gasteiger charge is -2.03. The molecule has 1 aromatic carbocycles. The smallest absolute Gasteiger partial charge is 0.337 e. The number of anilines is 1. The highest BCUT2D eigenvalue weighted by Crippen LogP contribution is 2.18. The molecule has 0 aromatic heterocycles. The summed E-state index contributed by atoms with van der Waals surface area (Å²) in [7, 11) is 0. The highest BCUT2D eigenvalue weighted by atomic mass is 19.1. The lowest BCUT2D eigenvalue weighted by molar-refractivity contribution is 0.0697. The molecule has 0 saturated carbocycles. The summed E-state index contributed by atoms with van der Waals surface area (Å²) < 4.78 is 12.9. The number of carbonyl (C=O) groups is 1. The molecular formula is C10H5FN2O2. The molecule has 5 heteroatoms. The second-order valence-electron chi connectivity index (χ2n) is 2.58. The highest BCUT2D eigenvalue weighted by molar-refractivity contribution is 5.95. The van der Waals surface area contributed by atoms with Crippen LogP contribution in [0.3, 0.4) is 0 Å². The van der Waals surface area contributed by atoms with Gasteiger partial charge in [-0.15, -0.1) is 0 Å². The SMILES string of the molecule is N#CC#Cc1cc(F)cc(C(=O)O)c1N. The van der Waals surface area contributed by atoms with Gasteiger partial charge in [-0.3, -0.25) is 0 Å². The minimum absolute atomic E-state index is 0.00560. The Morgan fingerprint density at radius 1 is 1.53 bits per heavy atom. The normalized spacial score (nSPS) is 8.53. The van der Waals surface area contributed by atoms with Crippen LogP contribution in [0.15, 0.2) is 12.1 Å². The van der Waals surface area contributed by atoms with E-state index >= 15 is 0 Å². The zero-order valence-electron chi connectivity index (χ0n) is 7.41. The summed E-state index contributed by atoms with van der Waals surface area (Å²) in [6.45, 7) is 0. The molecule has 0 heterocycles. The maximum atomic E-state index is 12.9. The number of hydrogen-bond acceptors (Lipinski definition) is 3. The number of carboxylic acid groups (broad SMARTS) is 1. The Labute approximate surface area is 84.7 Å². The fourth-order valence-electron chi connectivity index (χ4n) is 0.994. The fourth-order valence-corrected chi connectivity index (χ4v) is 0.994. The number of hydrogen-bond donors (Lipinski definition) is 2. The Balaban J connectivity index is 3.42. The summed E-state index contributed by atoms with van der Waals surface area (Å²) in [6.07, 6.45) is 0. The minimum atomic E-state index is -1.34. The van der Waals surface area contributed by atoms with Gasteiger partial charge in [0.05, 0.1) is 16.8 Å². The molecule has 0 bridgehead atoms. The van der Waals surface area contributed by atoms with Crippen molar-refractivity contribution >= 4 is 11.7 Å². The molecule has 0 aliphatic heterocycles. The van der Waals surface area contributed by atoms with Crippen molar-refractivity contribution in [3.63, 3.8) is 0 Å². The van der Waals surface area contributed by atoms with Crippen molar-refractivity contribution < 1.29 is 14.3 Å². The topological polar surface area (TPSA) is 87.1 Å². The molecule has 1 aromatic rings. The average Bonchev–Trinajstić information content (AvgIpc) is 2.18. The number of nitriles is 1. The zero-order valence-corrected chi connectivity index (χ0v) is 7.41. The highest BCUT2D eigenvalue weighted by Gasteiger charge is 2.12. The first-order valence-electron chi connectivity index (χ1n) is 3.78. The van der Waals surface area contributed by atoms with Crippen LogP contribution in [-0.2, 0) is 0 Å². The van der Waals surface area contributed by atoms with Gasteiger partial charge in [-0.2, -0.15) is 5.26 Å². The summed E-state index contributed by atoms with van der Waals surface area (Å²) in [5.74, 6) is 2.17. The van der Waals surface area contributed by atoms with Crippen LogP contribution >= 0.6 is 0 Å². The maximum Gasteiger partial charge on any atom is 0.337 e. The molecular weight excluding hydrogens is 199 g/mol. The standard InChI is InChI=1S/C10H5FN2O2/c11-7-4-6(2-1-3-12)9(13)8(5-7)10(14)15/h4-5H,13H2,(H,14,15). The molecule has 4 nitrogen and oxygen atoms in total. The van der Waals surface area contributed by atoms with E-state index in [4.69, 9.17) is 16.1 Å². The first-order valence-corrected chi connectivity index (χ1v) is 3.78. The lowest BCUT2D eigenvalue weighted by atomic mass is 10.1. The molecule has 0 unspecified atom stereocenters.